The van der Waals surface area contributed by atoms with E-state index < -0.39 is 10.1 Å². The lowest BCUT2D eigenvalue weighted by atomic mass is 10.0. The molecule has 0 radical (unpaired) electrons. The van der Waals surface area contributed by atoms with Gasteiger partial charge in [0.2, 0.25) is 0 Å². The van der Waals surface area contributed by atoms with Gasteiger partial charge in [-0.2, -0.15) is 8.42 Å². The summed E-state index contributed by atoms with van der Waals surface area (Å²) in [4.78, 5) is -0.0426. The highest BCUT2D eigenvalue weighted by molar-refractivity contribution is 7.85. The molecule has 0 amide bonds. The zero-order valence-corrected chi connectivity index (χ0v) is 11.8. The minimum Gasteiger partial charge on any atom is -0.344 e. The van der Waals surface area contributed by atoms with Gasteiger partial charge in [-0.25, -0.2) is 0 Å². The summed E-state index contributed by atoms with van der Waals surface area (Å²) in [6.45, 7) is 2.12. The Balaban J connectivity index is 0.00000180. The second-order valence-electron chi connectivity index (χ2n) is 4.38. The van der Waals surface area contributed by atoms with Crippen molar-refractivity contribution in [3.05, 3.63) is 42.0 Å². The summed E-state index contributed by atoms with van der Waals surface area (Å²) in [6, 6.07) is 10.6. The Morgan fingerprint density at radius 1 is 1.16 bits per heavy atom. The van der Waals surface area contributed by atoms with E-state index >= 15 is 0 Å². The molecule has 2 aromatic rings. The van der Waals surface area contributed by atoms with Crippen LogP contribution in [0.25, 0.3) is 10.8 Å². The molecule has 19 heavy (non-hydrogen) atoms. The van der Waals surface area contributed by atoms with Gasteiger partial charge in [-0.15, -0.1) is 0 Å². The molecule has 0 aliphatic heterocycles. The van der Waals surface area contributed by atoms with E-state index in [9.17, 15) is 8.42 Å². The molecule has 0 bridgehead atoms. The van der Waals surface area contributed by atoms with Gasteiger partial charge in [0.15, 0.2) is 0 Å². The molecule has 0 aliphatic rings. The number of rotatable bonds is 4. The Kier molecular flexibility index (Phi) is 5.05. The SMILES string of the molecule is CCCCc1cccc2ccc(S(=O)(=O)O)cc12.N. The van der Waals surface area contributed by atoms with Gasteiger partial charge in [0.1, 0.15) is 0 Å². The maximum absolute atomic E-state index is 11.2. The fourth-order valence-corrected chi connectivity index (χ4v) is 2.57. The van der Waals surface area contributed by atoms with Crippen LogP contribution in [0.1, 0.15) is 25.3 Å². The van der Waals surface area contributed by atoms with Gasteiger partial charge in [0.05, 0.1) is 4.90 Å². The van der Waals surface area contributed by atoms with Crippen LogP contribution in [0, 0.1) is 0 Å². The summed E-state index contributed by atoms with van der Waals surface area (Å²) >= 11 is 0. The van der Waals surface area contributed by atoms with Crippen molar-refractivity contribution < 1.29 is 13.0 Å². The van der Waals surface area contributed by atoms with E-state index in [2.05, 4.69) is 6.92 Å². The molecule has 4 N–H and O–H groups in total. The lowest BCUT2D eigenvalue weighted by Crippen LogP contribution is -1.98. The summed E-state index contributed by atoms with van der Waals surface area (Å²) in [7, 11) is -4.13. The molecule has 0 heterocycles. The zero-order chi connectivity index (χ0) is 13.2. The largest absolute Gasteiger partial charge is 0.344 e. The standard InChI is InChI=1S/C14H16O3S.H3N/c1-2-3-5-11-6-4-7-12-8-9-13(10-14(11)12)18(15,16)17;/h4,6-10H,2-3,5H2,1H3,(H,15,16,17);1H3. The minimum atomic E-state index is -4.13. The highest BCUT2D eigenvalue weighted by atomic mass is 32.2. The number of hydrogen-bond donors (Lipinski definition) is 2. The van der Waals surface area contributed by atoms with Gasteiger partial charge in [-0.05, 0) is 41.3 Å². The van der Waals surface area contributed by atoms with Crippen molar-refractivity contribution in [2.24, 2.45) is 0 Å². The molecule has 4 nitrogen and oxygen atoms in total. The second kappa shape index (κ2) is 6.14. The van der Waals surface area contributed by atoms with Crippen LogP contribution in [0.4, 0.5) is 0 Å². The van der Waals surface area contributed by atoms with E-state index in [0.29, 0.717) is 0 Å². The van der Waals surface area contributed by atoms with Crippen molar-refractivity contribution in [2.75, 3.05) is 0 Å². The molecule has 0 aromatic heterocycles. The van der Waals surface area contributed by atoms with Crippen LogP contribution in [-0.4, -0.2) is 13.0 Å². The smallest absolute Gasteiger partial charge is 0.294 e. The van der Waals surface area contributed by atoms with Crippen molar-refractivity contribution in [3.63, 3.8) is 0 Å². The van der Waals surface area contributed by atoms with Gasteiger partial charge in [-0.1, -0.05) is 37.6 Å². The van der Waals surface area contributed by atoms with Gasteiger partial charge >= 0.3 is 0 Å². The van der Waals surface area contributed by atoms with Crippen LogP contribution in [0.2, 0.25) is 0 Å². The first kappa shape index (κ1) is 15.6. The fourth-order valence-electron chi connectivity index (χ4n) is 2.06. The summed E-state index contributed by atoms with van der Waals surface area (Å²) in [5, 5.41) is 1.90. The first-order chi connectivity index (χ1) is 8.52. The normalized spacial score (nSPS) is 11.3. The molecule has 104 valence electrons. The fraction of sp³-hybridized carbons (Fsp3) is 0.286. The molecule has 5 heteroatoms. The van der Waals surface area contributed by atoms with Crippen LogP contribution in [0.3, 0.4) is 0 Å². The molecule has 2 aromatic carbocycles. The average Bonchev–Trinajstić information content (AvgIpc) is 2.34. The molecule has 0 saturated heterocycles. The van der Waals surface area contributed by atoms with Crippen LogP contribution >= 0.6 is 0 Å². The molecule has 2 rings (SSSR count). The first-order valence-corrected chi connectivity index (χ1v) is 7.45. The highest BCUT2D eigenvalue weighted by Crippen LogP contribution is 2.23. The van der Waals surface area contributed by atoms with Gasteiger partial charge in [-0.3, -0.25) is 4.55 Å². The van der Waals surface area contributed by atoms with Crippen molar-refractivity contribution in [1.29, 1.82) is 0 Å². The Morgan fingerprint density at radius 2 is 1.89 bits per heavy atom. The quantitative estimate of drug-likeness (QED) is 0.838. The number of unbranched alkanes of at least 4 members (excludes halogenated alkanes) is 1. The summed E-state index contributed by atoms with van der Waals surface area (Å²) in [5.74, 6) is 0. The predicted octanol–water partition coefficient (Wildman–Crippen LogP) is 3.59. The molecule has 0 unspecified atom stereocenters. The van der Waals surface area contributed by atoms with Crippen molar-refractivity contribution in [1.82, 2.24) is 6.15 Å². The highest BCUT2D eigenvalue weighted by Gasteiger charge is 2.11. The summed E-state index contributed by atoms with van der Waals surface area (Å²) in [6.07, 6.45) is 3.08. The first-order valence-electron chi connectivity index (χ1n) is 6.01. The summed E-state index contributed by atoms with van der Waals surface area (Å²) in [5.41, 5.74) is 1.12. The minimum absolute atomic E-state index is 0. The number of benzene rings is 2. The monoisotopic (exact) mass is 281 g/mol. The Hall–Kier alpha value is -1.43. The molecular formula is C14H19NO3S. The Labute approximate surface area is 113 Å². The van der Waals surface area contributed by atoms with Gasteiger partial charge in [0, 0.05) is 0 Å². The Bertz CT molecular complexity index is 665. The van der Waals surface area contributed by atoms with Crippen LogP contribution < -0.4 is 6.15 Å². The Morgan fingerprint density at radius 3 is 2.53 bits per heavy atom. The van der Waals surface area contributed by atoms with Crippen molar-refractivity contribution in [3.8, 4) is 0 Å². The topological polar surface area (TPSA) is 89.4 Å². The average molecular weight is 281 g/mol. The van der Waals surface area contributed by atoms with Crippen molar-refractivity contribution in [2.45, 2.75) is 31.1 Å². The zero-order valence-electron chi connectivity index (χ0n) is 11.0. The van der Waals surface area contributed by atoms with Crippen LogP contribution in [-0.2, 0) is 16.5 Å². The van der Waals surface area contributed by atoms with Crippen LogP contribution in [0.15, 0.2) is 41.3 Å². The summed E-state index contributed by atoms with van der Waals surface area (Å²) < 4.78 is 31.4. The molecule has 0 atom stereocenters. The van der Waals surface area contributed by atoms with Crippen LogP contribution in [0.5, 0.6) is 0 Å². The number of fused-ring (bicyclic) bond motifs is 1. The van der Waals surface area contributed by atoms with Crippen molar-refractivity contribution >= 4 is 20.9 Å². The van der Waals surface area contributed by atoms with E-state index in [1.165, 1.54) is 6.07 Å². The maximum atomic E-state index is 11.2. The van der Waals surface area contributed by atoms with E-state index in [1.54, 1.807) is 12.1 Å². The lowest BCUT2D eigenvalue weighted by molar-refractivity contribution is 0.483. The second-order valence-corrected chi connectivity index (χ2v) is 5.80. The predicted molar refractivity (Wildman–Crippen MR) is 77.4 cm³/mol. The van der Waals surface area contributed by atoms with E-state index in [-0.39, 0.29) is 11.0 Å². The number of hydrogen-bond acceptors (Lipinski definition) is 3. The third kappa shape index (κ3) is 3.53. The van der Waals surface area contributed by atoms with Gasteiger partial charge < -0.3 is 6.15 Å². The molecule has 0 spiro atoms. The molecule has 0 saturated carbocycles. The van der Waals surface area contributed by atoms with E-state index in [4.69, 9.17) is 4.55 Å². The van der Waals surface area contributed by atoms with E-state index in [1.807, 2.05) is 18.2 Å². The third-order valence-electron chi connectivity index (χ3n) is 3.04. The van der Waals surface area contributed by atoms with Gasteiger partial charge in [0.25, 0.3) is 10.1 Å². The number of aryl methyl sites for hydroxylation is 1. The van der Waals surface area contributed by atoms with E-state index in [0.717, 1.165) is 35.6 Å². The molecule has 0 fully saturated rings. The molecule has 0 aliphatic carbocycles. The lowest BCUT2D eigenvalue weighted by Gasteiger charge is -2.07. The third-order valence-corrected chi connectivity index (χ3v) is 3.89. The molecular weight excluding hydrogens is 262 g/mol. The maximum Gasteiger partial charge on any atom is 0.294 e.